The Balaban J connectivity index is 1.44. The number of carbonyl (C=O) groups excluding carboxylic acids is 3. The molecule has 2 heterocycles. The molecule has 2 aromatic carbocycles. The first kappa shape index (κ1) is 25.4. The van der Waals surface area contributed by atoms with Gasteiger partial charge in [-0.05, 0) is 67.9 Å². The molecular formula is C26H28N2O7S. The molecule has 190 valence electrons. The highest BCUT2D eigenvalue weighted by molar-refractivity contribution is 8.18. The molecule has 0 spiro atoms. The number of nitrogens with zero attached hydrogens (tertiary/aromatic N) is 1. The molecule has 9 nitrogen and oxygen atoms in total. The van der Waals surface area contributed by atoms with E-state index in [1.807, 2.05) is 20.8 Å². The van der Waals surface area contributed by atoms with E-state index in [0.717, 1.165) is 23.1 Å². The van der Waals surface area contributed by atoms with Gasteiger partial charge in [0.1, 0.15) is 19.8 Å². The molecule has 0 saturated carbocycles. The third kappa shape index (κ3) is 5.93. The number of benzene rings is 2. The van der Waals surface area contributed by atoms with Gasteiger partial charge in [-0.15, -0.1) is 0 Å². The number of carbonyl (C=O) groups is 3. The van der Waals surface area contributed by atoms with E-state index in [1.54, 1.807) is 42.5 Å². The lowest BCUT2D eigenvalue weighted by Gasteiger charge is -2.19. The average Bonchev–Trinajstić information content (AvgIpc) is 3.12. The zero-order chi connectivity index (χ0) is 25.7. The molecule has 1 saturated heterocycles. The van der Waals surface area contributed by atoms with Crippen LogP contribution in [0.15, 0.2) is 41.3 Å². The van der Waals surface area contributed by atoms with Crippen molar-refractivity contribution in [2.45, 2.75) is 33.3 Å². The van der Waals surface area contributed by atoms with E-state index < -0.39 is 23.6 Å². The summed E-state index contributed by atoms with van der Waals surface area (Å²) in [5.41, 5.74) is 1.16. The Kier molecular flexibility index (Phi) is 8.04. The monoisotopic (exact) mass is 512 g/mol. The van der Waals surface area contributed by atoms with Crippen LogP contribution in [0.2, 0.25) is 0 Å². The summed E-state index contributed by atoms with van der Waals surface area (Å²) >= 11 is 0.791. The van der Waals surface area contributed by atoms with Crippen molar-refractivity contribution in [3.63, 3.8) is 0 Å². The molecule has 0 bridgehead atoms. The van der Waals surface area contributed by atoms with E-state index in [-0.39, 0.29) is 11.0 Å². The smallest absolute Gasteiger partial charge is 0.294 e. The Bertz CT molecular complexity index is 1200. The highest BCUT2D eigenvalue weighted by Gasteiger charge is 2.36. The Morgan fingerprint density at radius 2 is 1.89 bits per heavy atom. The van der Waals surface area contributed by atoms with Gasteiger partial charge in [0.05, 0.1) is 17.6 Å². The van der Waals surface area contributed by atoms with E-state index >= 15 is 0 Å². The van der Waals surface area contributed by atoms with Gasteiger partial charge in [0, 0.05) is 11.8 Å². The maximum Gasteiger partial charge on any atom is 0.294 e. The number of anilines is 1. The number of ether oxygens (including phenoxy) is 4. The topological polar surface area (TPSA) is 103 Å². The van der Waals surface area contributed by atoms with Gasteiger partial charge in [0.2, 0.25) is 5.91 Å². The van der Waals surface area contributed by atoms with E-state index in [0.29, 0.717) is 54.1 Å². The second-order valence-corrected chi connectivity index (χ2v) is 9.14. The van der Waals surface area contributed by atoms with Gasteiger partial charge in [0.25, 0.3) is 11.1 Å². The van der Waals surface area contributed by atoms with Crippen LogP contribution < -0.4 is 24.3 Å². The summed E-state index contributed by atoms with van der Waals surface area (Å²) in [4.78, 5) is 39.1. The quantitative estimate of drug-likeness (QED) is 0.482. The van der Waals surface area contributed by atoms with Crippen molar-refractivity contribution in [3.05, 3.63) is 46.9 Å². The second kappa shape index (κ2) is 11.4. The fourth-order valence-corrected chi connectivity index (χ4v) is 4.37. The van der Waals surface area contributed by atoms with Crippen molar-refractivity contribution in [1.29, 1.82) is 0 Å². The molecule has 36 heavy (non-hydrogen) atoms. The van der Waals surface area contributed by atoms with Crippen molar-refractivity contribution in [2.24, 2.45) is 0 Å². The SMILES string of the molecule is CCOc1cc(/C=C2/SC(=O)N(CC(=O)Nc3ccc4c(c3)OCCO4)C2=O)ccc1O[C@@H](C)CC. The first-order valence-corrected chi connectivity index (χ1v) is 12.6. The fraction of sp³-hybridized carbons (Fsp3) is 0.346. The van der Waals surface area contributed by atoms with Crippen LogP contribution in [-0.2, 0) is 9.59 Å². The number of thioether (sulfide) groups is 1. The van der Waals surface area contributed by atoms with Crippen molar-refractivity contribution in [2.75, 3.05) is 31.7 Å². The summed E-state index contributed by atoms with van der Waals surface area (Å²) < 4.78 is 22.6. The summed E-state index contributed by atoms with van der Waals surface area (Å²) in [6, 6.07) is 10.4. The molecule has 0 aliphatic carbocycles. The Hall–Kier alpha value is -3.66. The molecule has 1 N–H and O–H groups in total. The van der Waals surface area contributed by atoms with Gasteiger partial charge in [-0.1, -0.05) is 13.0 Å². The molecule has 4 rings (SSSR count). The number of amides is 3. The van der Waals surface area contributed by atoms with Gasteiger partial charge < -0.3 is 24.3 Å². The van der Waals surface area contributed by atoms with Crippen LogP contribution in [0.25, 0.3) is 6.08 Å². The normalized spacial score (nSPS) is 16.8. The van der Waals surface area contributed by atoms with Crippen LogP contribution in [0.4, 0.5) is 10.5 Å². The third-order valence-corrected chi connectivity index (χ3v) is 6.38. The molecule has 10 heteroatoms. The highest BCUT2D eigenvalue weighted by Crippen LogP contribution is 2.36. The van der Waals surface area contributed by atoms with Crippen LogP contribution in [0.3, 0.4) is 0 Å². The molecule has 1 fully saturated rings. The van der Waals surface area contributed by atoms with Gasteiger partial charge >= 0.3 is 0 Å². The summed E-state index contributed by atoms with van der Waals surface area (Å²) in [5.74, 6) is 1.28. The number of fused-ring (bicyclic) bond motifs is 1. The van der Waals surface area contributed by atoms with Crippen LogP contribution in [0, 0.1) is 0 Å². The van der Waals surface area contributed by atoms with Crippen molar-refractivity contribution >= 4 is 40.6 Å². The minimum atomic E-state index is -0.528. The summed E-state index contributed by atoms with van der Waals surface area (Å²) in [6.07, 6.45) is 2.49. The van der Waals surface area contributed by atoms with Crippen LogP contribution >= 0.6 is 11.8 Å². The van der Waals surface area contributed by atoms with E-state index in [1.165, 1.54) is 0 Å². The summed E-state index contributed by atoms with van der Waals surface area (Å²) in [7, 11) is 0. The largest absolute Gasteiger partial charge is 0.490 e. The van der Waals surface area contributed by atoms with Gasteiger partial charge in [-0.3, -0.25) is 19.3 Å². The standard InChI is InChI=1S/C26H28N2O7S/c1-4-16(3)35-20-8-6-17(12-21(20)32-5-2)13-23-25(30)28(26(31)36-23)15-24(29)27-18-7-9-19-22(14-18)34-11-10-33-19/h6-9,12-14,16H,4-5,10-11,15H2,1-3H3,(H,27,29)/b23-13+/t16-/m0/s1. The summed E-state index contributed by atoms with van der Waals surface area (Å²) in [5, 5.41) is 2.18. The fourth-order valence-electron chi connectivity index (χ4n) is 3.53. The predicted octanol–water partition coefficient (Wildman–Crippen LogP) is 4.71. The Labute approximate surface area is 213 Å². The van der Waals surface area contributed by atoms with E-state index in [2.05, 4.69) is 5.32 Å². The zero-order valence-corrected chi connectivity index (χ0v) is 21.2. The molecule has 2 aromatic rings. The first-order chi connectivity index (χ1) is 17.4. The van der Waals surface area contributed by atoms with Crippen LogP contribution in [0.5, 0.6) is 23.0 Å². The zero-order valence-electron chi connectivity index (χ0n) is 20.4. The maximum absolute atomic E-state index is 12.9. The van der Waals surface area contributed by atoms with Gasteiger partial charge in [-0.2, -0.15) is 0 Å². The third-order valence-electron chi connectivity index (χ3n) is 5.47. The molecule has 2 aliphatic rings. The lowest BCUT2D eigenvalue weighted by Crippen LogP contribution is -2.36. The molecule has 2 aliphatic heterocycles. The van der Waals surface area contributed by atoms with E-state index in [4.69, 9.17) is 18.9 Å². The number of hydrogen-bond donors (Lipinski definition) is 1. The maximum atomic E-state index is 12.9. The number of hydrogen-bond acceptors (Lipinski definition) is 8. The minimum Gasteiger partial charge on any atom is -0.490 e. The Morgan fingerprint density at radius 1 is 1.11 bits per heavy atom. The van der Waals surface area contributed by atoms with Gasteiger partial charge in [0.15, 0.2) is 23.0 Å². The van der Waals surface area contributed by atoms with Gasteiger partial charge in [-0.25, -0.2) is 0 Å². The molecule has 0 aromatic heterocycles. The molecular weight excluding hydrogens is 484 g/mol. The Morgan fingerprint density at radius 3 is 2.64 bits per heavy atom. The lowest BCUT2D eigenvalue weighted by atomic mass is 10.1. The second-order valence-electron chi connectivity index (χ2n) is 8.15. The van der Waals surface area contributed by atoms with Crippen LogP contribution in [-0.4, -0.2) is 54.4 Å². The minimum absolute atomic E-state index is 0.0277. The molecule has 1 atom stereocenters. The first-order valence-electron chi connectivity index (χ1n) is 11.8. The summed E-state index contributed by atoms with van der Waals surface area (Å²) in [6.45, 7) is 6.83. The predicted molar refractivity (Wildman–Crippen MR) is 137 cm³/mol. The highest BCUT2D eigenvalue weighted by atomic mass is 32.2. The number of imide groups is 1. The van der Waals surface area contributed by atoms with Crippen molar-refractivity contribution < 1.29 is 33.3 Å². The lowest BCUT2D eigenvalue weighted by molar-refractivity contribution is -0.127. The molecule has 0 radical (unpaired) electrons. The number of rotatable bonds is 9. The van der Waals surface area contributed by atoms with Crippen LogP contribution in [0.1, 0.15) is 32.8 Å². The average molecular weight is 513 g/mol. The molecule has 0 unspecified atom stereocenters. The molecule has 3 amide bonds. The van der Waals surface area contributed by atoms with Crippen molar-refractivity contribution in [3.8, 4) is 23.0 Å². The van der Waals surface area contributed by atoms with E-state index in [9.17, 15) is 14.4 Å². The van der Waals surface area contributed by atoms with Crippen molar-refractivity contribution in [1.82, 2.24) is 4.90 Å². The number of nitrogens with one attached hydrogen (secondary N) is 1.